The van der Waals surface area contributed by atoms with Crippen LogP contribution in [0.3, 0.4) is 0 Å². The summed E-state index contributed by atoms with van der Waals surface area (Å²) >= 11 is 0. The average molecular weight is 263 g/mol. The van der Waals surface area contributed by atoms with E-state index in [9.17, 15) is 0 Å². The lowest BCUT2D eigenvalue weighted by Crippen LogP contribution is -2.30. The smallest absolute Gasteiger partial charge is 0.118 e. The van der Waals surface area contributed by atoms with Crippen LogP contribution >= 0.6 is 0 Å². The molecule has 0 saturated carbocycles. The minimum atomic E-state index is 0.687. The van der Waals surface area contributed by atoms with Gasteiger partial charge in [-0.1, -0.05) is 39.8 Å². The second kappa shape index (κ2) is 8.21. The van der Waals surface area contributed by atoms with Gasteiger partial charge >= 0.3 is 0 Å². The number of hydrogen-bond acceptors (Lipinski definition) is 2. The summed E-state index contributed by atoms with van der Waals surface area (Å²) in [6, 6.07) is 8.45. The zero-order valence-corrected chi connectivity index (χ0v) is 13.1. The van der Waals surface area contributed by atoms with Gasteiger partial charge in [-0.15, -0.1) is 0 Å². The molecule has 0 saturated heterocycles. The van der Waals surface area contributed by atoms with Crippen molar-refractivity contribution < 1.29 is 4.74 Å². The van der Waals surface area contributed by atoms with Gasteiger partial charge in [0.2, 0.25) is 0 Å². The standard InChI is InChI=1S/C17H29NO/c1-13(2)11-18-12-16(14(3)4)10-15-6-8-17(19-5)9-7-15/h6-9,13-14,16,18H,10-12H2,1-5H3. The predicted octanol–water partition coefficient (Wildman–Crippen LogP) is 3.76. The van der Waals surface area contributed by atoms with Crippen molar-refractivity contribution in [1.29, 1.82) is 0 Å². The number of ether oxygens (including phenoxy) is 1. The molecule has 0 heterocycles. The van der Waals surface area contributed by atoms with Gasteiger partial charge in [0.05, 0.1) is 7.11 Å². The number of benzene rings is 1. The van der Waals surface area contributed by atoms with Crippen LogP contribution in [0.2, 0.25) is 0 Å². The maximum Gasteiger partial charge on any atom is 0.118 e. The molecule has 0 fully saturated rings. The molecule has 0 aliphatic carbocycles. The minimum absolute atomic E-state index is 0.687. The Morgan fingerprint density at radius 2 is 1.63 bits per heavy atom. The molecule has 2 heteroatoms. The normalized spacial score (nSPS) is 13.0. The fourth-order valence-corrected chi connectivity index (χ4v) is 2.17. The molecule has 0 amide bonds. The van der Waals surface area contributed by atoms with E-state index in [-0.39, 0.29) is 0 Å². The highest BCUT2D eigenvalue weighted by molar-refractivity contribution is 5.27. The first-order valence-electron chi connectivity index (χ1n) is 7.36. The maximum absolute atomic E-state index is 5.20. The molecule has 0 spiro atoms. The van der Waals surface area contributed by atoms with Crippen molar-refractivity contribution in [2.24, 2.45) is 17.8 Å². The van der Waals surface area contributed by atoms with E-state index in [4.69, 9.17) is 4.74 Å². The van der Waals surface area contributed by atoms with Gasteiger partial charge in [-0.05, 0) is 55.0 Å². The van der Waals surface area contributed by atoms with E-state index in [2.05, 4.69) is 45.1 Å². The molecule has 19 heavy (non-hydrogen) atoms. The van der Waals surface area contributed by atoms with E-state index in [1.807, 2.05) is 12.1 Å². The van der Waals surface area contributed by atoms with E-state index in [1.54, 1.807) is 7.11 Å². The monoisotopic (exact) mass is 263 g/mol. The number of rotatable bonds is 8. The van der Waals surface area contributed by atoms with E-state index < -0.39 is 0 Å². The Hall–Kier alpha value is -1.02. The Labute approximate surface area is 118 Å². The second-order valence-electron chi connectivity index (χ2n) is 6.11. The molecule has 0 bridgehead atoms. The van der Waals surface area contributed by atoms with Crippen LogP contribution in [0.5, 0.6) is 5.75 Å². The summed E-state index contributed by atoms with van der Waals surface area (Å²) in [4.78, 5) is 0. The highest BCUT2D eigenvalue weighted by Crippen LogP contribution is 2.19. The lowest BCUT2D eigenvalue weighted by molar-refractivity contribution is 0.352. The fraction of sp³-hybridized carbons (Fsp3) is 0.647. The molecule has 1 aromatic rings. The first-order chi connectivity index (χ1) is 9.02. The summed E-state index contributed by atoms with van der Waals surface area (Å²) in [5.41, 5.74) is 1.39. The van der Waals surface area contributed by atoms with Crippen LogP contribution < -0.4 is 10.1 Å². The molecule has 1 aromatic carbocycles. The molecule has 0 radical (unpaired) electrons. The van der Waals surface area contributed by atoms with Crippen LogP contribution in [-0.2, 0) is 6.42 Å². The van der Waals surface area contributed by atoms with Crippen LogP contribution in [0.25, 0.3) is 0 Å². The van der Waals surface area contributed by atoms with Crippen molar-refractivity contribution in [1.82, 2.24) is 5.32 Å². The van der Waals surface area contributed by atoms with Crippen molar-refractivity contribution in [3.8, 4) is 5.75 Å². The van der Waals surface area contributed by atoms with E-state index in [0.717, 1.165) is 25.3 Å². The largest absolute Gasteiger partial charge is 0.497 e. The highest BCUT2D eigenvalue weighted by Gasteiger charge is 2.14. The molecule has 0 aliphatic rings. The van der Waals surface area contributed by atoms with Crippen LogP contribution in [-0.4, -0.2) is 20.2 Å². The Morgan fingerprint density at radius 3 is 2.11 bits per heavy atom. The molecule has 1 N–H and O–H groups in total. The van der Waals surface area contributed by atoms with E-state index >= 15 is 0 Å². The summed E-state index contributed by atoms with van der Waals surface area (Å²) < 4.78 is 5.20. The van der Waals surface area contributed by atoms with E-state index in [0.29, 0.717) is 17.8 Å². The molecule has 0 aliphatic heterocycles. The van der Waals surface area contributed by atoms with Crippen LogP contribution in [0.1, 0.15) is 33.3 Å². The minimum Gasteiger partial charge on any atom is -0.497 e. The molecular formula is C17H29NO. The quantitative estimate of drug-likeness (QED) is 0.771. The third-order valence-electron chi connectivity index (χ3n) is 3.56. The summed E-state index contributed by atoms with van der Waals surface area (Å²) in [7, 11) is 1.71. The van der Waals surface area contributed by atoms with E-state index in [1.165, 1.54) is 5.56 Å². The van der Waals surface area contributed by atoms with Crippen LogP contribution in [0.15, 0.2) is 24.3 Å². The van der Waals surface area contributed by atoms with Crippen LogP contribution in [0.4, 0.5) is 0 Å². The first-order valence-corrected chi connectivity index (χ1v) is 7.36. The maximum atomic E-state index is 5.20. The number of methoxy groups -OCH3 is 1. The zero-order chi connectivity index (χ0) is 14.3. The lowest BCUT2D eigenvalue weighted by atomic mass is 9.89. The van der Waals surface area contributed by atoms with Crippen molar-refractivity contribution >= 4 is 0 Å². The van der Waals surface area contributed by atoms with Crippen molar-refractivity contribution in [2.45, 2.75) is 34.1 Å². The zero-order valence-electron chi connectivity index (χ0n) is 13.1. The molecule has 1 unspecified atom stereocenters. The van der Waals surface area contributed by atoms with Gasteiger partial charge in [0.1, 0.15) is 5.75 Å². The third kappa shape index (κ3) is 6.11. The van der Waals surface area contributed by atoms with Gasteiger partial charge < -0.3 is 10.1 Å². The molecule has 1 atom stereocenters. The molecule has 108 valence electrons. The topological polar surface area (TPSA) is 21.3 Å². The lowest BCUT2D eigenvalue weighted by Gasteiger charge is -2.22. The van der Waals surface area contributed by atoms with Gasteiger partial charge in [-0.2, -0.15) is 0 Å². The summed E-state index contributed by atoms with van der Waals surface area (Å²) in [5, 5.41) is 3.58. The third-order valence-corrected chi connectivity index (χ3v) is 3.56. The summed E-state index contributed by atoms with van der Waals surface area (Å²) in [6.45, 7) is 11.3. The Morgan fingerprint density at radius 1 is 1.00 bits per heavy atom. The van der Waals surface area contributed by atoms with Crippen molar-refractivity contribution in [3.63, 3.8) is 0 Å². The molecule has 2 nitrogen and oxygen atoms in total. The SMILES string of the molecule is COc1ccc(CC(CNCC(C)C)C(C)C)cc1. The number of hydrogen-bond donors (Lipinski definition) is 1. The Balaban J connectivity index is 2.52. The van der Waals surface area contributed by atoms with Gasteiger partial charge in [0.25, 0.3) is 0 Å². The molecule has 1 rings (SSSR count). The van der Waals surface area contributed by atoms with Crippen molar-refractivity contribution in [2.75, 3.05) is 20.2 Å². The number of nitrogens with one attached hydrogen (secondary N) is 1. The Bertz CT molecular complexity index is 343. The molecule has 0 aromatic heterocycles. The Kier molecular flexibility index (Phi) is 6.93. The predicted molar refractivity (Wildman–Crippen MR) is 82.7 cm³/mol. The average Bonchev–Trinajstić information content (AvgIpc) is 2.37. The van der Waals surface area contributed by atoms with Gasteiger partial charge in [0, 0.05) is 0 Å². The summed E-state index contributed by atoms with van der Waals surface area (Å²) in [6.07, 6.45) is 1.13. The van der Waals surface area contributed by atoms with Crippen molar-refractivity contribution in [3.05, 3.63) is 29.8 Å². The first kappa shape index (κ1) is 16.0. The van der Waals surface area contributed by atoms with Crippen LogP contribution in [0, 0.1) is 17.8 Å². The van der Waals surface area contributed by atoms with Gasteiger partial charge in [0.15, 0.2) is 0 Å². The second-order valence-corrected chi connectivity index (χ2v) is 6.11. The fourth-order valence-electron chi connectivity index (χ4n) is 2.17. The highest BCUT2D eigenvalue weighted by atomic mass is 16.5. The van der Waals surface area contributed by atoms with Gasteiger partial charge in [-0.25, -0.2) is 0 Å². The summed E-state index contributed by atoms with van der Waals surface area (Å²) in [5.74, 6) is 3.03. The van der Waals surface area contributed by atoms with Gasteiger partial charge in [-0.3, -0.25) is 0 Å². The molecular weight excluding hydrogens is 234 g/mol.